The standard InChI is InChI=1S/C11H14BrClN2/c1-8-7-14-4-5-15(8)11-6-9(12)2-3-10(11)13/h2-3,6,8,14H,4-5,7H2,1H3. The molecule has 15 heavy (non-hydrogen) atoms. The fourth-order valence-corrected chi connectivity index (χ4v) is 2.48. The highest BCUT2D eigenvalue weighted by atomic mass is 79.9. The van der Waals surface area contributed by atoms with Crippen molar-refractivity contribution < 1.29 is 0 Å². The Morgan fingerprint density at radius 1 is 1.53 bits per heavy atom. The number of hydrogen-bond donors (Lipinski definition) is 1. The second kappa shape index (κ2) is 4.73. The molecule has 1 aromatic rings. The van der Waals surface area contributed by atoms with Crippen molar-refractivity contribution in [1.29, 1.82) is 0 Å². The first-order valence-corrected chi connectivity index (χ1v) is 6.28. The molecule has 1 atom stereocenters. The summed E-state index contributed by atoms with van der Waals surface area (Å²) in [6.45, 7) is 5.26. The normalized spacial score (nSPS) is 21.8. The van der Waals surface area contributed by atoms with Gasteiger partial charge in [-0.15, -0.1) is 0 Å². The van der Waals surface area contributed by atoms with E-state index in [2.05, 4.69) is 39.1 Å². The zero-order valence-electron chi connectivity index (χ0n) is 8.63. The maximum absolute atomic E-state index is 6.21. The molecule has 0 spiro atoms. The topological polar surface area (TPSA) is 15.3 Å². The Morgan fingerprint density at radius 3 is 3.07 bits per heavy atom. The number of nitrogens with zero attached hydrogens (tertiary/aromatic N) is 1. The summed E-state index contributed by atoms with van der Waals surface area (Å²) in [5, 5.41) is 4.20. The van der Waals surface area contributed by atoms with Gasteiger partial charge >= 0.3 is 0 Å². The quantitative estimate of drug-likeness (QED) is 0.855. The van der Waals surface area contributed by atoms with Gasteiger partial charge in [0.25, 0.3) is 0 Å². The second-order valence-corrected chi connectivity index (χ2v) is 5.17. The third kappa shape index (κ3) is 2.47. The number of benzene rings is 1. The molecule has 1 N–H and O–H groups in total. The summed E-state index contributed by atoms with van der Waals surface area (Å²) in [4.78, 5) is 2.35. The Kier molecular flexibility index (Phi) is 3.54. The SMILES string of the molecule is CC1CNCCN1c1cc(Br)ccc1Cl. The van der Waals surface area contributed by atoms with E-state index in [1.165, 1.54) is 0 Å². The van der Waals surface area contributed by atoms with Crippen LogP contribution in [0.3, 0.4) is 0 Å². The number of halogens is 2. The average Bonchev–Trinajstić information content (AvgIpc) is 2.23. The molecule has 1 fully saturated rings. The van der Waals surface area contributed by atoms with Gasteiger partial charge in [-0.1, -0.05) is 27.5 Å². The van der Waals surface area contributed by atoms with Crippen LogP contribution in [0, 0.1) is 0 Å². The van der Waals surface area contributed by atoms with E-state index in [9.17, 15) is 0 Å². The van der Waals surface area contributed by atoms with Gasteiger partial charge in [0.2, 0.25) is 0 Å². The van der Waals surface area contributed by atoms with E-state index < -0.39 is 0 Å². The minimum Gasteiger partial charge on any atom is -0.365 e. The van der Waals surface area contributed by atoms with Gasteiger partial charge in [0.15, 0.2) is 0 Å². The van der Waals surface area contributed by atoms with Crippen LogP contribution in [-0.2, 0) is 0 Å². The molecule has 0 amide bonds. The average molecular weight is 290 g/mol. The molecule has 4 heteroatoms. The van der Waals surface area contributed by atoms with Gasteiger partial charge in [-0.05, 0) is 25.1 Å². The Balaban J connectivity index is 2.30. The third-order valence-corrected chi connectivity index (χ3v) is 3.53. The first kappa shape index (κ1) is 11.2. The highest BCUT2D eigenvalue weighted by Gasteiger charge is 2.20. The molecule has 1 aromatic carbocycles. The zero-order chi connectivity index (χ0) is 10.8. The summed E-state index contributed by atoms with van der Waals surface area (Å²) in [6.07, 6.45) is 0. The van der Waals surface area contributed by atoms with Crippen LogP contribution in [0.15, 0.2) is 22.7 Å². The number of nitrogens with one attached hydrogen (secondary N) is 1. The highest BCUT2D eigenvalue weighted by molar-refractivity contribution is 9.10. The van der Waals surface area contributed by atoms with Gasteiger partial charge in [0.1, 0.15) is 0 Å². The van der Waals surface area contributed by atoms with E-state index in [-0.39, 0.29) is 0 Å². The third-order valence-electron chi connectivity index (χ3n) is 2.72. The van der Waals surface area contributed by atoms with Gasteiger partial charge in [-0.3, -0.25) is 0 Å². The number of anilines is 1. The Bertz CT molecular complexity index is 356. The monoisotopic (exact) mass is 288 g/mol. The molecule has 2 nitrogen and oxygen atoms in total. The molecule has 82 valence electrons. The van der Waals surface area contributed by atoms with Crippen molar-refractivity contribution in [2.45, 2.75) is 13.0 Å². The van der Waals surface area contributed by atoms with Crippen LogP contribution in [0.2, 0.25) is 5.02 Å². The van der Waals surface area contributed by atoms with Crippen LogP contribution < -0.4 is 10.2 Å². The number of piperazine rings is 1. The molecule has 1 aliphatic rings. The van der Waals surface area contributed by atoms with Gasteiger partial charge in [0.05, 0.1) is 10.7 Å². The molecule has 1 unspecified atom stereocenters. The fraction of sp³-hybridized carbons (Fsp3) is 0.455. The largest absolute Gasteiger partial charge is 0.365 e. The molecule has 0 radical (unpaired) electrons. The molecule has 0 saturated carbocycles. The second-order valence-electron chi connectivity index (χ2n) is 3.84. The van der Waals surface area contributed by atoms with Crippen LogP contribution >= 0.6 is 27.5 Å². The van der Waals surface area contributed by atoms with Crippen molar-refractivity contribution in [3.8, 4) is 0 Å². The lowest BCUT2D eigenvalue weighted by atomic mass is 10.2. The lowest BCUT2D eigenvalue weighted by molar-refractivity contribution is 0.501. The predicted octanol–water partition coefficient (Wildman–Crippen LogP) is 2.90. The molecule has 1 heterocycles. The first-order chi connectivity index (χ1) is 7.18. The van der Waals surface area contributed by atoms with Gasteiger partial charge in [0, 0.05) is 30.1 Å². The smallest absolute Gasteiger partial charge is 0.0640 e. The van der Waals surface area contributed by atoms with Crippen molar-refractivity contribution >= 4 is 33.2 Å². The van der Waals surface area contributed by atoms with Crippen LogP contribution in [0.5, 0.6) is 0 Å². The maximum Gasteiger partial charge on any atom is 0.0640 e. The fourth-order valence-electron chi connectivity index (χ4n) is 1.90. The van der Waals surface area contributed by atoms with Gasteiger partial charge in [-0.25, -0.2) is 0 Å². The molecular weight excluding hydrogens is 275 g/mol. The summed E-state index contributed by atoms with van der Waals surface area (Å²) < 4.78 is 1.08. The minimum atomic E-state index is 0.491. The van der Waals surface area contributed by atoms with E-state index >= 15 is 0 Å². The van der Waals surface area contributed by atoms with Crippen LogP contribution in [0.4, 0.5) is 5.69 Å². The van der Waals surface area contributed by atoms with E-state index in [0.717, 1.165) is 34.8 Å². The van der Waals surface area contributed by atoms with Crippen molar-refractivity contribution in [1.82, 2.24) is 5.32 Å². The highest BCUT2D eigenvalue weighted by Crippen LogP contribution is 2.30. The minimum absolute atomic E-state index is 0.491. The lowest BCUT2D eigenvalue weighted by Gasteiger charge is -2.36. The van der Waals surface area contributed by atoms with Gasteiger partial charge in [-0.2, -0.15) is 0 Å². The molecule has 0 aromatic heterocycles. The summed E-state index contributed by atoms with van der Waals surface area (Å²) in [6, 6.07) is 6.49. The summed E-state index contributed by atoms with van der Waals surface area (Å²) >= 11 is 9.69. The lowest BCUT2D eigenvalue weighted by Crippen LogP contribution is -2.50. The summed E-state index contributed by atoms with van der Waals surface area (Å²) in [7, 11) is 0. The number of hydrogen-bond acceptors (Lipinski definition) is 2. The molecule has 0 bridgehead atoms. The first-order valence-electron chi connectivity index (χ1n) is 5.11. The van der Waals surface area contributed by atoms with Crippen LogP contribution in [0.1, 0.15) is 6.92 Å². The molecule has 1 saturated heterocycles. The molecular formula is C11H14BrClN2. The zero-order valence-corrected chi connectivity index (χ0v) is 11.0. The van der Waals surface area contributed by atoms with E-state index in [1.54, 1.807) is 0 Å². The predicted molar refractivity (Wildman–Crippen MR) is 68.8 cm³/mol. The van der Waals surface area contributed by atoms with Crippen molar-refractivity contribution in [2.75, 3.05) is 24.5 Å². The van der Waals surface area contributed by atoms with E-state index in [4.69, 9.17) is 11.6 Å². The molecule has 2 rings (SSSR count). The van der Waals surface area contributed by atoms with E-state index in [0.29, 0.717) is 6.04 Å². The molecule has 1 aliphatic heterocycles. The van der Waals surface area contributed by atoms with Crippen LogP contribution in [0.25, 0.3) is 0 Å². The Labute approximate surface area is 104 Å². The van der Waals surface area contributed by atoms with Crippen molar-refractivity contribution in [3.05, 3.63) is 27.7 Å². The Morgan fingerprint density at radius 2 is 2.33 bits per heavy atom. The summed E-state index contributed by atoms with van der Waals surface area (Å²) in [5.74, 6) is 0. The molecule has 0 aliphatic carbocycles. The summed E-state index contributed by atoms with van der Waals surface area (Å²) in [5.41, 5.74) is 1.13. The Hall–Kier alpha value is -0.250. The van der Waals surface area contributed by atoms with E-state index in [1.807, 2.05) is 12.1 Å². The van der Waals surface area contributed by atoms with Crippen LogP contribution in [-0.4, -0.2) is 25.7 Å². The van der Waals surface area contributed by atoms with Gasteiger partial charge < -0.3 is 10.2 Å². The maximum atomic E-state index is 6.21. The number of rotatable bonds is 1. The van der Waals surface area contributed by atoms with Crippen molar-refractivity contribution in [2.24, 2.45) is 0 Å². The van der Waals surface area contributed by atoms with Crippen molar-refractivity contribution in [3.63, 3.8) is 0 Å².